The molecule has 5 nitrogen and oxygen atoms in total. The van der Waals surface area contributed by atoms with Crippen molar-refractivity contribution >= 4 is 17.3 Å². The van der Waals surface area contributed by atoms with Gasteiger partial charge in [0.25, 0.3) is 0 Å². The predicted molar refractivity (Wildman–Crippen MR) is 77.8 cm³/mol. The summed E-state index contributed by atoms with van der Waals surface area (Å²) in [6.45, 7) is 6.28. The van der Waals surface area contributed by atoms with E-state index >= 15 is 0 Å². The lowest BCUT2D eigenvalue weighted by Crippen LogP contribution is -2.27. The zero-order chi connectivity index (χ0) is 13.2. The zero-order valence-electron chi connectivity index (χ0n) is 11.6. The molecule has 0 aliphatic heterocycles. The van der Waals surface area contributed by atoms with Gasteiger partial charge in [0.15, 0.2) is 11.5 Å². The Morgan fingerprint density at radius 1 is 1.42 bits per heavy atom. The van der Waals surface area contributed by atoms with Crippen molar-refractivity contribution in [3.05, 3.63) is 18.6 Å². The van der Waals surface area contributed by atoms with E-state index in [2.05, 4.69) is 33.4 Å². The number of nitrogens with one attached hydrogen (secondary N) is 1. The molecule has 1 saturated carbocycles. The van der Waals surface area contributed by atoms with E-state index in [1.54, 1.807) is 0 Å². The number of fused-ring (bicyclic) bond motifs is 1. The lowest BCUT2D eigenvalue weighted by molar-refractivity contribution is 0.806. The third-order valence-corrected chi connectivity index (χ3v) is 3.51. The molecule has 1 N–H and O–H groups in total. The van der Waals surface area contributed by atoms with Crippen molar-refractivity contribution in [3.8, 4) is 0 Å². The second-order valence-corrected chi connectivity index (χ2v) is 5.05. The highest BCUT2D eigenvalue weighted by atomic mass is 15.3. The highest BCUT2D eigenvalue weighted by Gasteiger charge is 2.30. The molecule has 1 aliphatic rings. The van der Waals surface area contributed by atoms with Gasteiger partial charge in [-0.15, -0.1) is 0 Å². The molecule has 0 atom stereocenters. The van der Waals surface area contributed by atoms with Crippen molar-refractivity contribution in [2.45, 2.75) is 39.2 Å². The van der Waals surface area contributed by atoms with Crippen molar-refractivity contribution in [2.24, 2.45) is 0 Å². The van der Waals surface area contributed by atoms with Crippen molar-refractivity contribution in [2.75, 3.05) is 23.3 Å². The van der Waals surface area contributed by atoms with E-state index in [1.165, 1.54) is 12.8 Å². The first kappa shape index (κ1) is 12.3. The van der Waals surface area contributed by atoms with Crippen LogP contribution in [-0.4, -0.2) is 33.5 Å². The fourth-order valence-electron chi connectivity index (χ4n) is 2.41. The molecule has 0 aromatic carbocycles. The molecule has 102 valence electrons. The van der Waals surface area contributed by atoms with E-state index in [0.29, 0.717) is 6.04 Å². The highest BCUT2D eigenvalue weighted by Crippen LogP contribution is 2.32. The molecule has 0 spiro atoms. The molecule has 1 aliphatic carbocycles. The van der Waals surface area contributed by atoms with Crippen LogP contribution < -0.4 is 10.2 Å². The van der Waals surface area contributed by atoms with Gasteiger partial charge < -0.3 is 14.6 Å². The lowest BCUT2D eigenvalue weighted by Gasteiger charge is -2.22. The number of rotatable bonds is 6. The molecule has 2 aromatic heterocycles. The molecule has 0 unspecified atom stereocenters. The summed E-state index contributed by atoms with van der Waals surface area (Å²) >= 11 is 0. The Labute approximate surface area is 113 Å². The van der Waals surface area contributed by atoms with E-state index in [1.807, 2.05) is 18.6 Å². The molecular weight excluding hydrogens is 238 g/mol. The van der Waals surface area contributed by atoms with Crippen LogP contribution in [0.3, 0.4) is 0 Å². The first-order valence-corrected chi connectivity index (χ1v) is 7.17. The Kier molecular flexibility index (Phi) is 3.27. The van der Waals surface area contributed by atoms with Crippen LogP contribution in [0.15, 0.2) is 18.6 Å². The van der Waals surface area contributed by atoms with Crippen LogP contribution in [0.5, 0.6) is 0 Å². The van der Waals surface area contributed by atoms with Crippen molar-refractivity contribution < 1.29 is 0 Å². The largest absolute Gasteiger partial charge is 0.369 e. The minimum absolute atomic E-state index is 0.652. The van der Waals surface area contributed by atoms with Gasteiger partial charge in [0.1, 0.15) is 5.82 Å². The van der Waals surface area contributed by atoms with Gasteiger partial charge in [-0.1, -0.05) is 6.92 Å². The van der Waals surface area contributed by atoms with Crippen LogP contribution in [0.4, 0.5) is 11.6 Å². The molecule has 3 rings (SSSR count). The van der Waals surface area contributed by atoms with E-state index in [0.717, 1.165) is 36.8 Å². The standard InChI is InChI=1S/C14H21N5/c1-3-7-15-12-10-18-9-8-16-13(18)14(17-12)19(4-2)11-5-6-11/h8-11,15H,3-7H2,1-2H3. The topological polar surface area (TPSA) is 45.5 Å². The van der Waals surface area contributed by atoms with Crippen LogP contribution in [0.1, 0.15) is 33.1 Å². The average Bonchev–Trinajstić information content (AvgIpc) is 3.14. The Morgan fingerprint density at radius 2 is 2.26 bits per heavy atom. The summed E-state index contributed by atoms with van der Waals surface area (Å²) in [5.41, 5.74) is 0.954. The molecule has 0 radical (unpaired) electrons. The summed E-state index contributed by atoms with van der Waals surface area (Å²) in [7, 11) is 0. The Morgan fingerprint density at radius 3 is 2.95 bits per heavy atom. The lowest BCUT2D eigenvalue weighted by atomic mass is 10.4. The quantitative estimate of drug-likeness (QED) is 0.866. The molecule has 5 heteroatoms. The molecule has 19 heavy (non-hydrogen) atoms. The van der Waals surface area contributed by atoms with E-state index < -0.39 is 0 Å². The second kappa shape index (κ2) is 5.07. The Balaban J connectivity index is 2.01. The van der Waals surface area contributed by atoms with Crippen LogP contribution in [0.25, 0.3) is 5.65 Å². The summed E-state index contributed by atoms with van der Waals surface area (Å²) in [5.74, 6) is 1.94. The van der Waals surface area contributed by atoms with Gasteiger partial charge in [-0.25, -0.2) is 9.97 Å². The maximum Gasteiger partial charge on any atom is 0.180 e. The number of imidazole rings is 1. The van der Waals surface area contributed by atoms with Gasteiger partial charge in [-0.2, -0.15) is 0 Å². The molecular formula is C14H21N5. The summed E-state index contributed by atoms with van der Waals surface area (Å²) < 4.78 is 2.06. The van der Waals surface area contributed by atoms with E-state index in [9.17, 15) is 0 Å². The Hall–Kier alpha value is -1.78. The summed E-state index contributed by atoms with van der Waals surface area (Å²) in [5, 5.41) is 3.37. The number of nitrogens with zero attached hydrogens (tertiary/aromatic N) is 4. The molecule has 0 bridgehead atoms. The van der Waals surface area contributed by atoms with E-state index in [-0.39, 0.29) is 0 Å². The normalized spacial score (nSPS) is 14.8. The van der Waals surface area contributed by atoms with Gasteiger partial charge in [0.2, 0.25) is 0 Å². The van der Waals surface area contributed by atoms with E-state index in [4.69, 9.17) is 4.98 Å². The predicted octanol–water partition coefficient (Wildman–Crippen LogP) is 2.54. The first-order valence-electron chi connectivity index (χ1n) is 7.17. The molecule has 2 heterocycles. The summed E-state index contributed by atoms with van der Waals surface area (Å²) in [6, 6.07) is 0.652. The first-order chi connectivity index (χ1) is 9.33. The molecule has 2 aromatic rings. The van der Waals surface area contributed by atoms with Crippen molar-refractivity contribution in [1.82, 2.24) is 14.4 Å². The minimum atomic E-state index is 0.652. The molecule has 1 fully saturated rings. The van der Waals surface area contributed by atoms with Crippen LogP contribution in [0, 0.1) is 0 Å². The summed E-state index contributed by atoms with van der Waals surface area (Å²) in [6.07, 6.45) is 9.48. The van der Waals surface area contributed by atoms with Gasteiger partial charge in [0, 0.05) is 31.5 Å². The fourth-order valence-corrected chi connectivity index (χ4v) is 2.41. The van der Waals surface area contributed by atoms with Gasteiger partial charge in [-0.05, 0) is 26.2 Å². The second-order valence-electron chi connectivity index (χ2n) is 5.05. The van der Waals surface area contributed by atoms with Crippen molar-refractivity contribution in [1.29, 1.82) is 0 Å². The smallest absolute Gasteiger partial charge is 0.180 e. The number of aromatic nitrogens is 3. The van der Waals surface area contributed by atoms with Gasteiger partial charge >= 0.3 is 0 Å². The number of hydrogen-bond donors (Lipinski definition) is 1. The number of anilines is 2. The third-order valence-electron chi connectivity index (χ3n) is 3.51. The maximum absolute atomic E-state index is 4.77. The SMILES string of the molecule is CCCNc1cn2ccnc2c(N(CC)C2CC2)n1. The van der Waals surface area contributed by atoms with Crippen LogP contribution in [-0.2, 0) is 0 Å². The van der Waals surface area contributed by atoms with Crippen molar-refractivity contribution in [3.63, 3.8) is 0 Å². The monoisotopic (exact) mass is 259 g/mol. The zero-order valence-corrected chi connectivity index (χ0v) is 11.6. The number of hydrogen-bond acceptors (Lipinski definition) is 4. The van der Waals surface area contributed by atoms with Gasteiger partial charge in [0.05, 0.1) is 6.20 Å². The molecule has 0 amide bonds. The Bertz CT molecular complexity index is 558. The minimum Gasteiger partial charge on any atom is -0.369 e. The van der Waals surface area contributed by atoms with Gasteiger partial charge in [-0.3, -0.25) is 0 Å². The highest BCUT2D eigenvalue weighted by molar-refractivity contribution is 5.67. The maximum atomic E-state index is 4.77. The van der Waals surface area contributed by atoms with Crippen LogP contribution in [0.2, 0.25) is 0 Å². The third kappa shape index (κ3) is 2.37. The van der Waals surface area contributed by atoms with Crippen LogP contribution >= 0.6 is 0 Å². The fraction of sp³-hybridized carbons (Fsp3) is 0.571. The average molecular weight is 259 g/mol. The summed E-state index contributed by atoms with van der Waals surface area (Å²) in [4.78, 5) is 11.6. The molecule has 0 saturated heterocycles.